The lowest BCUT2D eigenvalue weighted by atomic mass is 9.87. The number of carboxylic acid groups (broad SMARTS) is 1. The predicted molar refractivity (Wildman–Crippen MR) is 90.1 cm³/mol. The van der Waals surface area contributed by atoms with Gasteiger partial charge in [-0.15, -0.1) is 24.5 Å². The van der Waals surface area contributed by atoms with Crippen LogP contribution in [0.25, 0.3) is 0 Å². The first-order valence-electron chi connectivity index (χ1n) is 7.69. The topological polar surface area (TPSA) is 96.2 Å². The summed E-state index contributed by atoms with van der Waals surface area (Å²) in [5.41, 5.74) is -0.346. The molecular formula is C17H11F4NO5S. The molecule has 0 unspecified atom stereocenters. The number of carbonyl (C=O) groups excluding carboxylic acids is 1. The summed E-state index contributed by atoms with van der Waals surface area (Å²) in [5, 5.41) is 19.6. The van der Waals surface area contributed by atoms with Crippen molar-refractivity contribution < 1.29 is 42.1 Å². The van der Waals surface area contributed by atoms with Crippen LogP contribution >= 0.6 is 11.3 Å². The summed E-state index contributed by atoms with van der Waals surface area (Å²) >= 11 is 0.521. The number of carboxylic acids is 1. The van der Waals surface area contributed by atoms with Crippen molar-refractivity contribution in [1.82, 2.24) is 0 Å². The molecule has 28 heavy (non-hydrogen) atoms. The third-order valence-corrected chi connectivity index (χ3v) is 4.85. The lowest BCUT2D eigenvalue weighted by Crippen LogP contribution is -2.19. The molecule has 0 amide bonds. The van der Waals surface area contributed by atoms with Crippen molar-refractivity contribution in [1.29, 1.82) is 0 Å². The van der Waals surface area contributed by atoms with Gasteiger partial charge in [0.2, 0.25) is 0 Å². The third kappa shape index (κ3) is 3.70. The van der Waals surface area contributed by atoms with E-state index in [-0.39, 0.29) is 40.1 Å². The van der Waals surface area contributed by atoms with Crippen LogP contribution in [0.2, 0.25) is 0 Å². The first kappa shape index (κ1) is 19.8. The summed E-state index contributed by atoms with van der Waals surface area (Å²) in [5.74, 6) is -4.27. The zero-order valence-corrected chi connectivity index (χ0v) is 14.9. The van der Waals surface area contributed by atoms with Crippen molar-refractivity contribution >= 4 is 28.8 Å². The van der Waals surface area contributed by atoms with Crippen molar-refractivity contribution in [2.24, 2.45) is 4.99 Å². The van der Waals surface area contributed by atoms with Gasteiger partial charge in [-0.1, -0.05) is 0 Å². The first-order chi connectivity index (χ1) is 13.0. The number of aliphatic imine (C=N–C) groups is 1. The van der Waals surface area contributed by atoms with Gasteiger partial charge in [-0.05, 0) is 12.5 Å². The minimum Gasteiger partial charge on any atom is -0.505 e. The second kappa shape index (κ2) is 6.89. The monoisotopic (exact) mass is 417 g/mol. The molecule has 1 aromatic heterocycles. The molecular weight excluding hydrogens is 406 g/mol. The molecule has 2 N–H and O–H groups in total. The SMILES string of the molecule is CC1=C(CC(=O)O)C2=C(F)C(O)=C(C(=O)c3csc(OC(F)(F)F)c3)CC2=N1. The maximum Gasteiger partial charge on any atom is 0.573 e. The maximum absolute atomic E-state index is 14.7. The van der Waals surface area contributed by atoms with Crippen molar-refractivity contribution in [3.05, 3.63) is 51.0 Å². The second-order valence-electron chi connectivity index (χ2n) is 5.92. The quantitative estimate of drug-likeness (QED) is 0.544. The van der Waals surface area contributed by atoms with E-state index in [1.165, 1.54) is 6.92 Å². The fraction of sp³-hybridized carbons (Fsp3) is 0.235. The number of fused-ring (bicyclic) bond motifs is 1. The molecule has 2 aliphatic rings. The van der Waals surface area contributed by atoms with Gasteiger partial charge in [0.05, 0.1) is 17.7 Å². The normalized spacial score (nSPS) is 17.1. The van der Waals surface area contributed by atoms with Crippen LogP contribution in [0.4, 0.5) is 17.6 Å². The van der Waals surface area contributed by atoms with Crippen molar-refractivity contribution in [2.45, 2.75) is 26.1 Å². The standard InChI is InChI=1S/C17H11F4NO5S/c1-6-8(4-11(23)24)13-10(22-6)3-9(16(26)14(13)18)15(25)7-2-12(28-5-7)27-17(19,20)21/h2,5,26H,3-4H2,1H3,(H,23,24). The fourth-order valence-corrected chi connectivity index (χ4v) is 3.66. The number of thiophene rings is 1. The van der Waals surface area contributed by atoms with Gasteiger partial charge in [0.1, 0.15) is 0 Å². The average Bonchev–Trinajstić information content (AvgIpc) is 3.13. The second-order valence-corrected chi connectivity index (χ2v) is 6.79. The Bertz CT molecular complexity index is 1010. The Hall–Kier alpha value is -2.95. The zero-order valence-electron chi connectivity index (χ0n) is 14.1. The summed E-state index contributed by atoms with van der Waals surface area (Å²) in [7, 11) is 0. The smallest absolute Gasteiger partial charge is 0.505 e. The number of aliphatic hydroxyl groups excluding tert-OH is 1. The number of aliphatic hydroxyl groups is 1. The van der Waals surface area contributed by atoms with E-state index >= 15 is 0 Å². The highest BCUT2D eigenvalue weighted by molar-refractivity contribution is 7.12. The van der Waals surface area contributed by atoms with Gasteiger partial charge in [-0.2, -0.15) is 0 Å². The van der Waals surface area contributed by atoms with Crippen LogP contribution in [0, 0.1) is 0 Å². The molecule has 0 atom stereocenters. The molecule has 11 heteroatoms. The van der Waals surface area contributed by atoms with E-state index in [4.69, 9.17) is 5.11 Å². The van der Waals surface area contributed by atoms with Gasteiger partial charge in [0.15, 0.2) is 22.4 Å². The fourth-order valence-electron chi connectivity index (χ4n) is 2.90. The van der Waals surface area contributed by atoms with Crippen LogP contribution in [0.3, 0.4) is 0 Å². The van der Waals surface area contributed by atoms with E-state index < -0.39 is 41.2 Å². The number of aliphatic carboxylic acids is 1. The molecule has 3 rings (SSSR count). The van der Waals surface area contributed by atoms with Crippen molar-refractivity contribution in [3.63, 3.8) is 0 Å². The highest BCUT2D eigenvalue weighted by Gasteiger charge is 2.37. The van der Waals surface area contributed by atoms with E-state index in [9.17, 15) is 32.3 Å². The first-order valence-corrected chi connectivity index (χ1v) is 8.57. The number of hydrogen-bond donors (Lipinski definition) is 2. The van der Waals surface area contributed by atoms with E-state index in [1.807, 2.05) is 0 Å². The van der Waals surface area contributed by atoms with E-state index in [0.717, 1.165) is 11.4 Å². The minimum absolute atomic E-state index is 0.0781. The van der Waals surface area contributed by atoms with E-state index in [0.29, 0.717) is 11.3 Å². The number of alkyl halides is 3. The Kier molecular flexibility index (Phi) is 4.88. The van der Waals surface area contributed by atoms with Crippen molar-refractivity contribution in [2.75, 3.05) is 0 Å². The summed E-state index contributed by atoms with van der Waals surface area (Å²) in [6.07, 6.45) is -5.73. The van der Waals surface area contributed by atoms with Crippen LogP contribution in [0.1, 0.15) is 30.1 Å². The summed E-state index contributed by atoms with van der Waals surface area (Å²) in [6.45, 7) is 1.47. The molecule has 0 bridgehead atoms. The molecule has 1 aromatic rings. The molecule has 0 fully saturated rings. The summed E-state index contributed by atoms with van der Waals surface area (Å²) in [6, 6.07) is 0.841. The Morgan fingerprint density at radius 3 is 2.64 bits per heavy atom. The number of ketones is 1. The van der Waals surface area contributed by atoms with Crippen molar-refractivity contribution in [3.8, 4) is 5.06 Å². The maximum atomic E-state index is 14.7. The Morgan fingerprint density at radius 1 is 1.36 bits per heavy atom. The number of ether oxygens (including phenoxy) is 1. The number of halogens is 4. The van der Waals surface area contributed by atoms with Crippen LogP contribution in [0.15, 0.2) is 50.4 Å². The van der Waals surface area contributed by atoms with Gasteiger partial charge < -0.3 is 14.9 Å². The van der Waals surface area contributed by atoms with Gasteiger partial charge in [0.25, 0.3) is 0 Å². The molecule has 0 spiro atoms. The number of allylic oxidation sites excluding steroid dienone is 4. The molecule has 2 heterocycles. The number of nitrogens with zero attached hydrogens (tertiary/aromatic N) is 1. The molecule has 6 nitrogen and oxygen atoms in total. The largest absolute Gasteiger partial charge is 0.573 e. The Morgan fingerprint density at radius 2 is 2.04 bits per heavy atom. The summed E-state index contributed by atoms with van der Waals surface area (Å²) < 4.78 is 55.2. The molecule has 0 saturated heterocycles. The van der Waals surface area contributed by atoms with Gasteiger partial charge in [-0.25, -0.2) is 4.39 Å². The number of rotatable bonds is 5. The molecule has 148 valence electrons. The van der Waals surface area contributed by atoms with Crippen LogP contribution in [-0.2, 0) is 4.79 Å². The minimum atomic E-state index is -4.93. The van der Waals surface area contributed by atoms with Crippen LogP contribution < -0.4 is 4.74 Å². The van der Waals surface area contributed by atoms with Gasteiger partial charge >= 0.3 is 12.3 Å². The number of Topliss-reactive ketones (excluding diaryl/α,β-unsaturated/α-hetero) is 1. The Balaban J connectivity index is 1.94. The highest BCUT2D eigenvalue weighted by Crippen LogP contribution is 2.40. The number of hydrogen-bond acceptors (Lipinski definition) is 6. The van der Waals surface area contributed by atoms with Gasteiger partial charge in [-0.3, -0.25) is 14.6 Å². The zero-order chi connectivity index (χ0) is 20.8. The third-order valence-electron chi connectivity index (χ3n) is 4.04. The molecule has 0 aromatic carbocycles. The van der Waals surface area contributed by atoms with E-state index in [2.05, 4.69) is 9.73 Å². The van der Waals surface area contributed by atoms with Crippen LogP contribution in [0.5, 0.6) is 5.06 Å². The Labute approximate surface area is 158 Å². The molecule has 0 saturated carbocycles. The molecule has 1 aliphatic heterocycles. The predicted octanol–water partition coefficient (Wildman–Crippen LogP) is 4.47. The van der Waals surface area contributed by atoms with Crippen LogP contribution in [-0.4, -0.2) is 34.0 Å². The lowest BCUT2D eigenvalue weighted by Gasteiger charge is -2.18. The van der Waals surface area contributed by atoms with Gasteiger partial charge in [0, 0.05) is 34.7 Å². The average molecular weight is 417 g/mol. The van der Waals surface area contributed by atoms with E-state index in [1.54, 1.807) is 0 Å². The molecule has 1 aliphatic carbocycles. The molecule has 0 radical (unpaired) electrons. The lowest BCUT2D eigenvalue weighted by molar-refractivity contribution is -0.273. The number of carbonyl (C=O) groups is 2. The highest BCUT2D eigenvalue weighted by atomic mass is 32.1. The summed E-state index contributed by atoms with van der Waals surface area (Å²) in [4.78, 5) is 27.6.